The van der Waals surface area contributed by atoms with Crippen molar-refractivity contribution in [3.05, 3.63) is 0 Å². The van der Waals surface area contributed by atoms with Gasteiger partial charge in [0.2, 0.25) is 0 Å². The summed E-state index contributed by atoms with van der Waals surface area (Å²) in [5.74, 6) is 0.521. The lowest BCUT2D eigenvalue weighted by Gasteiger charge is -2.00. The zero-order valence-electron chi connectivity index (χ0n) is 6.26. The minimum Gasteiger partial charge on any atom is -0.466 e. The Hall–Kier alpha value is -0.180. The van der Waals surface area contributed by atoms with Crippen LogP contribution in [0.25, 0.3) is 0 Å². The molecule has 2 nitrogen and oxygen atoms in total. The predicted octanol–water partition coefficient (Wildman–Crippen LogP) is 1.92. The minimum atomic E-state index is -0.119. The summed E-state index contributed by atoms with van der Waals surface area (Å²) in [5, 5.41) is 0. The van der Waals surface area contributed by atoms with Gasteiger partial charge >= 0.3 is 5.97 Å². The molecule has 0 spiro atoms. The molecule has 0 fully saturated rings. The fraction of sp³-hybridized carbons (Fsp3) is 0.857. The van der Waals surface area contributed by atoms with Crippen LogP contribution in [-0.4, -0.2) is 18.3 Å². The van der Waals surface area contributed by atoms with Crippen molar-refractivity contribution in [3.8, 4) is 0 Å². The Balaban J connectivity index is 3.09. The average Bonchev–Trinajstić information content (AvgIpc) is 1.97. The number of carbonyl (C=O) groups excluding carboxylic acids is 1. The Bertz CT molecular complexity index is 83.6. The Morgan fingerprint density at radius 3 is 2.80 bits per heavy atom. The van der Waals surface area contributed by atoms with Crippen molar-refractivity contribution in [1.82, 2.24) is 0 Å². The summed E-state index contributed by atoms with van der Waals surface area (Å²) in [6.45, 7) is 2.51. The molecule has 0 saturated carbocycles. The summed E-state index contributed by atoms with van der Waals surface area (Å²) in [4.78, 5) is 10.7. The van der Waals surface area contributed by atoms with E-state index in [-0.39, 0.29) is 5.97 Å². The van der Waals surface area contributed by atoms with Crippen molar-refractivity contribution in [2.24, 2.45) is 0 Å². The second-order valence-corrected chi connectivity index (χ2v) is 2.44. The number of rotatable bonds is 5. The van der Waals surface area contributed by atoms with Gasteiger partial charge in [-0.2, -0.15) is 0 Å². The maximum absolute atomic E-state index is 10.7. The third-order valence-corrected chi connectivity index (χ3v) is 1.28. The first-order chi connectivity index (χ1) is 4.81. The van der Waals surface area contributed by atoms with Crippen LogP contribution in [0.1, 0.15) is 26.2 Å². The van der Waals surface area contributed by atoms with E-state index < -0.39 is 0 Å². The fourth-order valence-electron chi connectivity index (χ4n) is 0.505. The van der Waals surface area contributed by atoms with Crippen molar-refractivity contribution < 1.29 is 9.53 Å². The molecule has 0 aromatic heterocycles. The van der Waals surface area contributed by atoms with E-state index in [4.69, 9.17) is 4.74 Å². The van der Waals surface area contributed by atoms with E-state index in [1.807, 2.05) is 6.92 Å². The van der Waals surface area contributed by atoms with Crippen molar-refractivity contribution in [1.29, 1.82) is 0 Å². The molecule has 0 atom stereocenters. The van der Waals surface area contributed by atoms with Gasteiger partial charge in [0.1, 0.15) is 0 Å². The smallest absolute Gasteiger partial charge is 0.305 e. The molecule has 59 valence electrons. The molecule has 0 aromatic carbocycles. The first-order valence-corrected chi connectivity index (χ1v) is 4.12. The maximum atomic E-state index is 10.7. The largest absolute Gasteiger partial charge is 0.466 e. The predicted molar refractivity (Wildman–Crippen MR) is 42.9 cm³/mol. The summed E-state index contributed by atoms with van der Waals surface area (Å²) in [7, 11) is 0. The van der Waals surface area contributed by atoms with E-state index in [0.717, 1.165) is 12.8 Å². The molecule has 3 heteroatoms. The molecule has 0 aliphatic rings. The third-order valence-electron chi connectivity index (χ3n) is 0.992. The topological polar surface area (TPSA) is 26.3 Å². The Morgan fingerprint density at radius 2 is 2.30 bits per heavy atom. The number of esters is 1. The summed E-state index contributed by atoms with van der Waals surface area (Å²) in [5.41, 5.74) is 0. The monoisotopic (exact) mass is 161 g/mol. The Labute approximate surface area is 67.4 Å². The van der Waals surface area contributed by atoms with Crippen LogP contribution in [0.15, 0.2) is 0 Å². The molecule has 0 saturated heterocycles. The molecule has 0 rings (SSSR count). The lowest BCUT2D eigenvalue weighted by atomic mass is 10.3. The number of hydrogen-bond donors (Lipinski definition) is 0. The van der Waals surface area contributed by atoms with Crippen molar-refractivity contribution >= 4 is 18.6 Å². The van der Waals surface area contributed by atoms with E-state index >= 15 is 0 Å². The molecule has 0 aromatic rings. The lowest BCUT2D eigenvalue weighted by molar-refractivity contribution is -0.143. The van der Waals surface area contributed by atoms with Gasteiger partial charge in [-0.15, -0.1) is 0 Å². The van der Waals surface area contributed by atoms with Gasteiger partial charge in [-0.25, -0.2) is 0 Å². The number of carbonyl (C=O) groups is 1. The zero-order chi connectivity index (χ0) is 7.82. The molecule has 0 heterocycles. The highest BCUT2D eigenvalue weighted by Crippen LogP contribution is 1.94. The van der Waals surface area contributed by atoms with Gasteiger partial charge in [-0.3, -0.25) is 4.79 Å². The SMILES string of the molecule is CCCOC(=O)CCC[S]. The first kappa shape index (κ1) is 9.82. The highest BCUT2D eigenvalue weighted by Gasteiger charge is 1.99. The highest BCUT2D eigenvalue weighted by atomic mass is 32.1. The van der Waals surface area contributed by atoms with Gasteiger partial charge in [-0.1, -0.05) is 19.6 Å². The Morgan fingerprint density at radius 1 is 1.60 bits per heavy atom. The average molecular weight is 161 g/mol. The van der Waals surface area contributed by atoms with Crippen LogP contribution in [0.5, 0.6) is 0 Å². The number of hydrogen-bond acceptors (Lipinski definition) is 2. The molecular weight excluding hydrogens is 148 g/mol. The van der Waals surface area contributed by atoms with Crippen LogP contribution < -0.4 is 0 Å². The molecule has 0 bridgehead atoms. The van der Waals surface area contributed by atoms with E-state index in [2.05, 4.69) is 12.6 Å². The van der Waals surface area contributed by atoms with Crippen LogP contribution in [0.3, 0.4) is 0 Å². The second kappa shape index (κ2) is 6.93. The highest BCUT2D eigenvalue weighted by molar-refractivity contribution is 7.80. The van der Waals surface area contributed by atoms with Gasteiger partial charge in [-0.05, 0) is 12.8 Å². The first-order valence-electron chi connectivity index (χ1n) is 3.55. The molecule has 0 unspecified atom stereocenters. The lowest BCUT2D eigenvalue weighted by Crippen LogP contribution is -2.04. The molecule has 1 radical (unpaired) electrons. The molecule has 0 aliphatic carbocycles. The normalized spacial score (nSPS) is 9.40. The van der Waals surface area contributed by atoms with E-state index in [1.54, 1.807) is 0 Å². The molecular formula is C7H13O2S. The Kier molecular flexibility index (Phi) is 6.81. The summed E-state index contributed by atoms with van der Waals surface area (Å²) >= 11 is 4.68. The van der Waals surface area contributed by atoms with Crippen LogP contribution in [0.4, 0.5) is 0 Å². The van der Waals surface area contributed by atoms with E-state index in [0.29, 0.717) is 18.8 Å². The van der Waals surface area contributed by atoms with Gasteiger partial charge in [0, 0.05) is 12.2 Å². The zero-order valence-corrected chi connectivity index (χ0v) is 7.08. The summed E-state index contributed by atoms with van der Waals surface area (Å²) < 4.78 is 4.81. The minimum absolute atomic E-state index is 0.119. The van der Waals surface area contributed by atoms with Gasteiger partial charge in [0.25, 0.3) is 0 Å². The summed E-state index contributed by atoms with van der Waals surface area (Å²) in [6.07, 6.45) is 2.13. The van der Waals surface area contributed by atoms with E-state index in [1.165, 1.54) is 0 Å². The van der Waals surface area contributed by atoms with Crippen LogP contribution >= 0.6 is 12.6 Å². The van der Waals surface area contributed by atoms with Gasteiger partial charge < -0.3 is 4.74 Å². The van der Waals surface area contributed by atoms with Gasteiger partial charge in [0.15, 0.2) is 0 Å². The van der Waals surface area contributed by atoms with Crippen LogP contribution in [-0.2, 0) is 9.53 Å². The molecule has 10 heavy (non-hydrogen) atoms. The van der Waals surface area contributed by atoms with Crippen molar-refractivity contribution in [3.63, 3.8) is 0 Å². The quantitative estimate of drug-likeness (QED) is 0.576. The van der Waals surface area contributed by atoms with Crippen molar-refractivity contribution in [2.75, 3.05) is 12.4 Å². The molecule has 0 aliphatic heterocycles. The number of ether oxygens (including phenoxy) is 1. The third kappa shape index (κ3) is 5.95. The fourth-order valence-corrected chi connectivity index (χ4v) is 0.649. The standard InChI is InChI=1S/C7H13O2S/c1-2-5-9-7(8)4-3-6-10/h2-6H2,1H3. The molecule has 0 N–H and O–H groups in total. The van der Waals surface area contributed by atoms with E-state index in [9.17, 15) is 4.79 Å². The second-order valence-electron chi connectivity index (χ2n) is 2.03. The van der Waals surface area contributed by atoms with Crippen LogP contribution in [0, 0.1) is 0 Å². The van der Waals surface area contributed by atoms with Crippen molar-refractivity contribution in [2.45, 2.75) is 26.2 Å². The maximum Gasteiger partial charge on any atom is 0.305 e. The summed E-state index contributed by atoms with van der Waals surface area (Å²) in [6, 6.07) is 0. The molecule has 0 amide bonds. The van der Waals surface area contributed by atoms with Crippen LogP contribution in [0.2, 0.25) is 0 Å². The van der Waals surface area contributed by atoms with Gasteiger partial charge in [0.05, 0.1) is 6.61 Å².